The van der Waals surface area contributed by atoms with Crippen molar-refractivity contribution in [2.45, 2.75) is 26.7 Å². The number of nitrogens with one attached hydrogen (secondary N) is 2. The van der Waals surface area contributed by atoms with E-state index < -0.39 is 5.82 Å². The molecule has 0 aliphatic rings. The molecule has 0 bridgehead atoms. The monoisotopic (exact) mass is 308 g/mol. The molecular weight excluding hydrogens is 291 g/mol. The van der Waals surface area contributed by atoms with Gasteiger partial charge in [-0.1, -0.05) is 18.5 Å². The van der Waals surface area contributed by atoms with E-state index in [0.29, 0.717) is 11.5 Å². The number of halogens is 2. The van der Waals surface area contributed by atoms with Gasteiger partial charge in [-0.2, -0.15) is 0 Å². The molecule has 2 aromatic rings. The second kappa shape index (κ2) is 6.72. The molecule has 6 heteroatoms. The van der Waals surface area contributed by atoms with Crippen molar-refractivity contribution >= 4 is 28.9 Å². The van der Waals surface area contributed by atoms with Crippen LogP contribution in [0.3, 0.4) is 0 Å². The molecule has 21 heavy (non-hydrogen) atoms. The highest BCUT2D eigenvalue weighted by Crippen LogP contribution is 2.26. The Bertz CT molecular complexity index is 646. The van der Waals surface area contributed by atoms with E-state index in [1.54, 1.807) is 6.07 Å². The van der Waals surface area contributed by atoms with Crippen LogP contribution in [0.4, 0.5) is 21.7 Å². The van der Waals surface area contributed by atoms with Crippen LogP contribution in [0.1, 0.15) is 24.7 Å². The van der Waals surface area contributed by atoms with E-state index >= 15 is 0 Å². The summed E-state index contributed by atoms with van der Waals surface area (Å²) in [5, 5.41) is 6.31. The number of benzene rings is 1. The van der Waals surface area contributed by atoms with Gasteiger partial charge in [0.1, 0.15) is 23.3 Å². The summed E-state index contributed by atoms with van der Waals surface area (Å²) in [5.74, 6) is 1.80. The average Bonchev–Trinajstić information content (AvgIpc) is 2.46. The van der Waals surface area contributed by atoms with Crippen LogP contribution >= 0.6 is 11.6 Å². The fraction of sp³-hybridized carbons (Fsp3) is 0.333. The minimum absolute atomic E-state index is 0.0781. The molecule has 0 radical (unpaired) electrons. The Hall–Kier alpha value is -1.88. The van der Waals surface area contributed by atoms with Crippen LogP contribution in [0.5, 0.6) is 0 Å². The van der Waals surface area contributed by atoms with Gasteiger partial charge in [0, 0.05) is 24.7 Å². The van der Waals surface area contributed by atoms with Crippen molar-refractivity contribution in [3.63, 3.8) is 0 Å². The molecule has 4 nitrogen and oxygen atoms in total. The Labute approximate surface area is 128 Å². The minimum atomic E-state index is -0.441. The first-order chi connectivity index (χ1) is 10.0. The summed E-state index contributed by atoms with van der Waals surface area (Å²) in [4.78, 5) is 8.99. The maximum atomic E-state index is 13.2. The molecule has 0 aliphatic carbocycles. The molecule has 0 unspecified atom stereocenters. The zero-order valence-corrected chi connectivity index (χ0v) is 13.1. The van der Waals surface area contributed by atoms with Gasteiger partial charge in [0.05, 0.1) is 5.02 Å². The third-order valence-corrected chi connectivity index (χ3v) is 3.37. The Morgan fingerprint density at radius 2 is 1.95 bits per heavy atom. The van der Waals surface area contributed by atoms with E-state index in [1.165, 1.54) is 12.1 Å². The first kappa shape index (κ1) is 15.5. The summed E-state index contributed by atoms with van der Waals surface area (Å²) in [6.07, 6.45) is 1.77. The zero-order chi connectivity index (χ0) is 15.4. The maximum absolute atomic E-state index is 13.2. The van der Waals surface area contributed by atoms with E-state index in [2.05, 4.69) is 27.5 Å². The number of nitrogens with zero attached hydrogens (tertiary/aromatic N) is 2. The standard InChI is InChI=1S/C15H18ClFN4/c1-4-5-13-20-14(18-3)9(2)15(21-13)19-10-6-7-12(17)11(16)8-10/h6-8H,4-5H2,1-3H3,(H2,18,19,20,21). The van der Waals surface area contributed by atoms with Gasteiger partial charge in [-0.15, -0.1) is 0 Å². The fourth-order valence-corrected chi connectivity index (χ4v) is 2.15. The maximum Gasteiger partial charge on any atom is 0.141 e. The number of hydrogen-bond donors (Lipinski definition) is 2. The molecule has 0 atom stereocenters. The lowest BCUT2D eigenvalue weighted by Crippen LogP contribution is -2.07. The topological polar surface area (TPSA) is 49.8 Å². The first-order valence-corrected chi connectivity index (χ1v) is 7.20. The molecule has 0 aliphatic heterocycles. The molecule has 0 fully saturated rings. The summed E-state index contributed by atoms with van der Waals surface area (Å²) in [6, 6.07) is 4.49. The van der Waals surface area contributed by atoms with Crippen LogP contribution in [-0.4, -0.2) is 17.0 Å². The van der Waals surface area contributed by atoms with Crippen molar-refractivity contribution in [2.24, 2.45) is 0 Å². The molecular formula is C15H18ClFN4. The number of rotatable bonds is 5. The lowest BCUT2D eigenvalue weighted by molar-refractivity contribution is 0.628. The predicted octanol–water partition coefficient (Wildman–Crippen LogP) is 4.32. The Morgan fingerprint density at radius 3 is 2.57 bits per heavy atom. The summed E-state index contributed by atoms with van der Waals surface area (Å²) in [5.41, 5.74) is 1.59. The van der Waals surface area contributed by atoms with Gasteiger partial charge in [0.25, 0.3) is 0 Å². The smallest absolute Gasteiger partial charge is 0.141 e. The van der Waals surface area contributed by atoms with Crippen LogP contribution in [-0.2, 0) is 6.42 Å². The van der Waals surface area contributed by atoms with Gasteiger partial charge in [0.2, 0.25) is 0 Å². The average molecular weight is 309 g/mol. The predicted molar refractivity (Wildman–Crippen MR) is 85.0 cm³/mol. The van der Waals surface area contributed by atoms with Crippen LogP contribution in [0.25, 0.3) is 0 Å². The molecule has 0 saturated heterocycles. The second-order valence-electron chi connectivity index (χ2n) is 4.72. The van der Waals surface area contributed by atoms with Crippen LogP contribution in [0.2, 0.25) is 5.02 Å². The van der Waals surface area contributed by atoms with Gasteiger partial charge in [-0.05, 0) is 31.5 Å². The van der Waals surface area contributed by atoms with Gasteiger partial charge in [0.15, 0.2) is 0 Å². The van der Waals surface area contributed by atoms with Crippen molar-refractivity contribution in [2.75, 3.05) is 17.7 Å². The molecule has 1 aromatic heterocycles. The highest BCUT2D eigenvalue weighted by atomic mass is 35.5. The molecule has 112 valence electrons. The summed E-state index contributed by atoms with van der Waals surface area (Å²) in [6.45, 7) is 4.00. The van der Waals surface area contributed by atoms with E-state index in [9.17, 15) is 4.39 Å². The molecule has 1 heterocycles. The van der Waals surface area contributed by atoms with Gasteiger partial charge < -0.3 is 10.6 Å². The van der Waals surface area contributed by atoms with Crippen molar-refractivity contribution in [3.8, 4) is 0 Å². The molecule has 2 N–H and O–H groups in total. The molecule has 2 rings (SSSR count). The van der Waals surface area contributed by atoms with Gasteiger partial charge in [-0.3, -0.25) is 0 Å². The third kappa shape index (κ3) is 3.61. The van der Waals surface area contributed by atoms with Crippen LogP contribution in [0, 0.1) is 12.7 Å². The Kier molecular flexibility index (Phi) is 4.96. The van der Waals surface area contributed by atoms with Crippen molar-refractivity contribution in [1.82, 2.24) is 9.97 Å². The van der Waals surface area contributed by atoms with Gasteiger partial charge in [-0.25, -0.2) is 14.4 Å². The third-order valence-electron chi connectivity index (χ3n) is 3.08. The van der Waals surface area contributed by atoms with E-state index in [1.807, 2.05) is 14.0 Å². The Balaban J connectivity index is 2.37. The van der Waals surface area contributed by atoms with E-state index in [0.717, 1.165) is 30.0 Å². The highest BCUT2D eigenvalue weighted by molar-refractivity contribution is 6.31. The number of aromatic nitrogens is 2. The Morgan fingerprint density at radius 1 is 1.24 bits per heavy atom. The molecule has 0 saturated carbocycles. The van der Waals surface area contributed by atoms with Crippen LogP contribution < -0.4 is 10.6 Å². The van der Waals surface area contributed by atoms with Crippen molar-refractivity contribution < 1.29 is 4.39 Å². The number of aryl methyl sites for hydroxylation is 1. The largest absolute Gasteiger partial charge is 0.373 e. The molecule has 1 aromatic carbocycles. The van der Waals surface area contributed by atoms with Crippen LogP contribution in [0.15, 0.2) is 18.2 Å². The van der Waals surface area contributed by atoms with Crippen molar-refractivity contribution in [3.05, 3.63) is 40.4 Å². The lowest BCUT2D eigenvalue weighted by Gasteiger charge is -2.14. The normalized spacial score (nSPS) is 10.5. The molecule has 0 amide bonds. The highest BCUT2D eigenvalue weighted by Gasteiger charge is 2.10. The summed E-state index contributed by atoms with van der Waals surface area (Å²) < 4.78 is 13.2. The quantitative estimate of drug-likeness (QED) is 0.864. The first-order valence-electron chi connectivity index (χ1n) is 6.82. The zero-order valence-electron chi connectivity index (χ0n) is 12.3. The summed E-state index contributed by atoms with van der Waals surface area (Å²) >= 11 is 5.80. The summed E-state index contributed by atoms with van der Waals surface area (Å²) in [7, 11) is 1.82. The second-order valence-corrected chi connectivity index (χ2v) is 5.12. The lowest BCUT2D eigenvalue weighted by atomic mass is 10.2. The minimum Gasteiger partial charge on any atom is -0.373 e. The van der Waals surface area contributed by atoms with E-state index in [4.69, 9.17) is 11.6 Å². The van der Waals surface area contributed by atoms with Gasteiger partial charge >= 0.3 is 0 Å². The number of anilines is 3. The van der Waals surface area contributed by atoms with Crippen molar-refractivity contribution in [1.29, 1.82) is 0 Å². The SMILES string of the molecule is CCCc1nc(NC)c(C)c(Nc2ccc(F)c(Cl)c2)n1. The van der Waals surface area contributed by atoms with E-state index in [-0.39, 0.29) is 5.02 Å². The molecule has 0 spiro atoms. The number of hydrogen-bond acceptors (Lipinski definition) is 4. The fourth-order valence-electron chi connectivity index (χ4n) is 1.97.